The van der Waals surface area contributed by atoms with Crippen LogP contribution in [0.5, 0.6) is 11.5 Å². The van der Waals surface area contributed by atoms with E-state index in [1.807, 2.05) is 30.3 Å². The first kappa shape index (κ1) is 22.0. The molecule has 174 valence electrons. The number of carbonyl (C=O) groups excluding carboxylic acids is 1. The summed E-state index contributed by atoms with van der Waals surface area (Å²) < 4.78 is 17.0. The molecule has 0 aliphatic carbocycles. The predicted octanol–water partition coefficient (Wildman–Crippen LogP) is 5.15. The number of aromatic nitrogens is 1. The quantitative estimate of drug-likeness (QED) is 0.316. The lowest BCUT2D eigenvalue weighted by atomic mass is 9.86. The van der Waals surface area contributed by atoms with Crippen LogP contribution in [0.1, 0.15) is 55.7 Å². The molecule has 0 saturated carbocycles. The van der Waals surface area contributed by atoms with Gasteiger partial charge in [0.15, 0.2) is 17.1 Å². The summed E-state index contributed by atoms with van der Waals surface area (Å²) in [6, 6.07) is 15.2. The molecule has 2 aliphatic heterocycles. The number of ether oxygens (including phenoxy) is 2. The summed E-state index contributed by atoms with van der Waals surface area (Å²) in [5, 5.41) is 5.63. The molecule has 0 spiro atoms. The molecule has 0 N–H and O–H groups in total. The number of fused-ring (bicyclic) bond motifs is 3. The molecule has 6 nitrogen and oxygen atoms in total. The van der Waals surface area contributed by atoms with E-state index in [1.165, 1.54) is 31.1 Å². The van der Waals surface area contributed by atoms with E-state index < -0.39 is 0 Å². The van der Waals surface area contributed by atoms with Crippen molar-refractivity contribution in [3.05, 3.63) is 53.7 Å². The number of carbonyl (C=O) groups is 1. The van der Waals surface area contributed by atoms with E-state index in [9.17, 15) is 4.79 Å². The number of para-hydroxylation sites is 1. The molecule has 2 saturated heterocycles. The first-order valence-electron chi connectivity index (χ1n) is 12.1. The van der Waals surface area contributed by atoms with Crippen molar-refractivity contribution < 1.29 is 18.8 Å². The molecule has 2 atom stereocenters. The van der Waals surface area contributed by atoms with Crippen LogP contribution >= 0.6 is 0 Å². The van der Waals surface area contributed by atoms with Crippen molar-refractivity contribution in [3.63, 3.8) is 0 Å². The van der Waals surface area contributed by atoms with Crippen molar-refractivity contribution in [1.82, 2.24) is 10.1 Å². The van der Waals surface area contributed by atoms with E-state index in [1.54, 1.807) is 7.11 Å². The van der Waals surface area contributed by atoms with Crippen LogP contribution in [0.3, 0.4) is 0 Å². The Bertz CT molecular complexity index is 1080. The minimum Gasteiger partial charge on any atom is -0.493 e. The molecule has 33 heavy (non-hydrogen) atoms. The van der Waals surface area contributed by atoms with Crippen molar-refractivity contribution in [3.8, 4) is 11.5 Å². The summed E-state index contributed by atoms with van der Waals surface area (Å²) >= 11 is 0. The summed E-state index contributed by atoms with van der Waals surface area (Å²) in [5.41, 5.74) is 2.99. The van der Waals surface area contributed by atoms with Crippen molar-refractivity contribution in [2.45, 2.75) is 62.9 Å². The summed E-state index contributed by atoms with van der Waals surface area (Å²) in [4.78, 5) is 13.5. The molecule has 2 aliphatic rings. The highest BCUT2D eigenvalue weighted by Gasteiger charge is 2.41. The number of methoxy groups -OCH3 is 1. The highest BCUT2D eigenvalue weighted by Crippen LogP contribution is 2.44. The van der Waals surface area contributed by atoms with Crippen LogP contribution in [-0.4, -0.2) is 48.7 Å². The normalized spacial score (nSPS) is 22.5. The largest absolute Gasteiger partial charge is 0.493 e. The van der Waals surface area contributed by atoms with Crippen LogP contribution in [0.2, 0.25) is 0 Å². The van der Waals surface area contributed by atoms with Crippen molar-refractivity contribution in [2.24, 2.45) is 0 Å². The highest BCUT2D eigenvalue weighted by atomic mass is 16.5. The van der Waals surface area contributed by atoms with Gasteiger partial charge in [-0.1, -0.05) is 23.4 Å². The molecule has 0 amide bonds. The van der Waals surface area contributed by atoms with Gasteiger partial charge in [-0.25, -0.2) is 0 Å². The van der Waals surface area contributed by atoms with E-state index in [2.05, 4.69) is 22.2 Å². The third kappa shape index (κ3) is 4.62. The molecule has 3 heterocycles. The van der Waals surface area contributed by atoms with Gasteiger partial charge in [0.2, 0.25) is 0 Å². The number of nitrogens with zero attached hydrogens (tertiary/aromatic N) is 2. The maximum atomic E-state index is 10.7. The maximum absolute atomic E-state index is 10.7. The van der Waals surface area contributed by atoms with E-state index in [0.29, 0.717) is 36.8 Å². The molecule has 3 aromatic rings. The van der Waals surface area contributed by atoms with Gasteiger partial charge in [-0.3, -0.25) is 4.90 Å². The zero-order valence-electron chi connectivity index (χ0n) is 19.2. The van der Waals surface area contributed by atoms with Gasteiger partial charge in [0, 0.05) is 29.8 Å². The fraction of sp³-hybridized carbons (Fsp3) is 0.481. The van der Waals surface area contributed by atoms with E-state index in [0.717, 1.165) is 48.3 Å². The maximum Gasteiger partial charge on any atom is 0.167 e. The molecule has 5 rings (SSSR count). The molecule has 2 unspecified atom stereocenters. The number of piperidine rings is 1. The second-order valence-corrected chi connectivity index (χ2v) is 9.27. The highest BCUT2D eigenvalue weighted by molar-refractivity contribution is 5.79. The van der Waals surface area contributed by atoms with E-state index >= 15 is 0 Å². The molecule has 0 radical (unpaired) electrons. The van der Waals surface area contributed by atoms with E-state index in [-0.39, 0.29) is 0 Å². The standard InChI is InChI=1S/C27H32N2O4/c1-31-26-16-19(12-14-30)8-11-25(26)32-15-5-4-13-29-21-9-10-22(29)18-20(17-21)27-23-6-2-3-7-24(23)33-28-27/h2-3,6-8,11,14,16,20-22H,4-5,9-10,12-13,15,17-18H2,1H3. The second kappa shape index (κ2) is 9.96. The summed E-state index contributed by atoms with van der Waals surface area (Å²) in [5.74, 6) is 1.93. The van der Waals surface area contributed by atoms with E-state index in [4.69, 9.17) is 14.0 Å². The van der Waals surface area contributed by atoms with Gasteiger partial charge in [0.05, 0.1) is 19.4 Å². The number of hydrogen-bond acceptors (Lipinski definition) is 6. The molecule has 2 bridgehead atoms. The Kier molecular flexibility index (Phi) is 6.63. The zero-order chi connectivity index (χ0) is 22.6. The number of aldehydes is 1. The van der Waals surface area contributed by atoms with Gasteiger partial charge >= 0.3 is 0 Å². The molecule has 1 aromatic heterocycles. The fourth-order valence-electron chi connectivity index (χ4n) is 5.70. The van der Waals surface area contributed by atoms with Crippen LogP contribution in [0.15, 0.2) is 47.0 Å². The molecular weight excluding hydrogens is 416 g/mol. The van der Waals surface area contributed by atoms with Gasteiger partial charge in [0.25, 0.3) is 0 Å². The Hall–Kier alpha value is -2.86. The predicted molar refractivity (Wildman–Crippen MR) is 127 cm³/mol. The summed E-state index contributed by atoms with van der Waals surface area (Å²) in [6.45, 7) is 1.79. The lowest BCUT2D eigenvalue weighted by Gasteiger charge is -2.38. The lowest BCUT2D eigenvalue weighted by Crippen LogP contribution is -2.42. The monoisotopic (exact) mass is 448 g/mol. The summed E-state index contributed by atoms with van der Waals surface area (Å²) in [6.07, 6.45) is 8.35. The Labute approximate surface area is 194 Å². The Morgan fingerprint density at radius 2 is 1.91 bits per heavy atom. The van der Waals surface area contributed by atoms with Crippen LogP contribution in [0.4, 0.5) is 0 Å². The van der Waals surface area contributed by atoms with Gasteiger partial charge in [0.1, 0.15) is 6.29 Å². The Morgan fingerprint density at radius 3 is 2.70 bits per heavy atom. The van der Waals surface area contributed by atoms with Crippen LogP contribution in [0, 0.1) is 0 Å². The average Bonchev–Trinajstić information content (AvgIpc) is 3.37. The Morgan fingerprint density at radius 1 is 1.09 bits per heavy atom. The molecule has 2 aromatic carbocycles. The third-order valence-corrected chi connectivity index (χ3v) is 7.29. The summed E-state index contributed by atoms with van der Waals surface area (Å²) in [7, 11) is 1.63. The second-order valence-electron chi connectivity index (χ2n) is 9.27. The molecule has 6 heteroatoms. The number of hydrogen-bond donors (Lipinski definition) is 0. The van der Waals surface area contributed by atoms with Gasteiger partial charge in [-0.2, -0.15) is 0 Å². The minimum atomic E-state index is 0.391. The van der Waals surface area contributed by atoms with Crippen LogP contribution in [-0.2, 0) is 11.2 Å². The number of unbranched alkanes of at least 4 members (excludes halogenated alkanes) is 1. The lowest BCUT2D eigenvalue weighted by molar-refractivity contribution is -0.107. The zero-order valence-corrected chi connectivity index (χ0v) is 19.2. The van der Waals surface area contributed by atoms with Crippen molar-refractivity contribution >= 4 is 17.3 Å². The van der Waals surface area contributed by atoms with Crippen molar-refractivity contribution in [2.75, 3.05) is 20.3 Å². The van der Waals surface area contributed by atoms with Gasteiger partial charge in [-0.15, -0.1) is 0 Å². The topological polar surface area (TPSA) is 64.8 Å². The third-order valence-electron chi connectivity index (χ3n) is 7.29. The minimum absolute atomic E-state index is 0.391. The fourth-order valence-corrected chi connectivity index (χ4v) is 5.70. The van der Waals surface area contributed by atoms with Gasteiger partial charge in [-0.05, 0) is 74.9 Å². The van der Waals surface area contributed by atoms with Crippen LogP contribution < -0.4 is 9.47 Å². The van der Waals surface area contributed by atoms with Crippen molar-refractivity contribution in [1.29, 1.82) is 0 Å². The number of benzene rings is 2. The smallest absolute Gasteiger partial charge is 0.167 e. The van der Waals surface area contributed by atoms with Gasteiger partial charge < -0.3 is 18.8 Å². The SMILES string of the molecule is COc1cc(CC=O)ccc1OCCCCN1C2CCC1CC(c1noc3ccccc13)C2. The first-order chi connectivity index (χ1) is 16.3. The van der Waals surface area contributed by atoms with Crippen LogP contribution in [0.25, 0.3) is 11.0 Å². The average molecular weight is 449 g/mol. The first-order valence-corrected chi connectivity index (χ1v) is 12.1. The molecule has 2 fully saturated rings. The Balaban J connectivity index is 1.11. The molecular formula is C27H32N2O4. The number of rotatable bonds is 10.